The van der Waals surface area contributed by atoms with Crippen molar-refractivity contribution in [2.24, 2.45) is 0 Å². The van der Waals surface area contributed by atoms with E-state index in [0.717, 1.165) is 5.92 Å². The highest BCUT2D eigenvalue weighted by Gasteiger charge is 2.38. The van der Waals surface area contributed by atoms with Gasteiger partial charge in [-0.2, -0.15) is 0 Å². The number of rotatable bonds is 1. The Hall–Kier alpha value is -0.860. The fourth-order valence-electron chi connectivity index (χ4n) is 3.59. The van der Waals surface area contributed by atoms with Gasteiger partial charge in [0.25, 0.3) is 0 Å². The number of likely N-dealkylation sites (tertiary alicyclic amines) is 1. The first kappa shape index (κ1) is 12.2. The second kappa shape index (κ2) is 5.02. The molecule has 2 heteroatoms. The Labute approximate surface area is 110 Å². The van der Waals surface area contributed by atoms with Crippen molar-refractivity contribution in [3.05, 3.63) is 35.9 Å². The van der Waals surface area contributed by atoms with Gasteiger partial charge in [-0.15, -0.1) is 0 Å². The van der Waals surface area contributed by atoms with E-state index < -0.39 is 0 Å². The van der Waals surface area contributed by atoms with Gasteiger partial charge in [0.1, 0.15) is 0 Å². The minimum atomic E-state index is 0.422. The van der Waals surface area contributed by atoms with Crippen LogP contribution < -0.4 is 5.32 Å². The maximum Gasteiger partial charge on any atom is 0.0211 e. The van der Waals surface area contributed by atoms with Crippen molar-refractivity contribution in [3.8, 4) is 0 Å². The van der Waals surface area contributed by atoms with Crippen LogP contribution in [0.2, 0.25) is 0 Å². The SMILES string of the molecule is CN1CCC2(CC1)CC(c1ccccc1)CCN2. The minimum absolute atomic E-state index is 0.422. The van der Waals surface area contributed by atoms with E-state index in [2.05, 4.69) is 47.6 Å². The number of nitrogens with one attached hydrogen (secondary N) is 1. The van der Waals surface area contributed by atoms with Gasteiger partial charge in [-0.3, -0.25) is 0 Å². The number of piperidine rings is 2. The minimum Gasteiger partial charge on any atom is -0.311 e. The largest absolute Gasteiger partial charge is 0.311 e. The molecule has 2 nitrogen and oxygen atoms in total. The van der Waals surface area contributed by atoms with E-state index in [0.29, 0.717) is 5.54 Å². The van der Waals surface area contributed by atoms with Gasteiger partial charge in [-0.05, 0) is 63.8 Å². The molecule has 0 aliphatic carbocycles. The van der Waals surface area contributed by atoms with Crippen molar-refractivity contribution in [3.63, 3.8) is 0 Å². The highest BCUT2D eigenvalue weighted by molar-refractivity contribution is 5.21. The lowest BCUT2D eigenvalue weighted by molar-refractivity contribution is 0.120. The molecule has 98 valence electrons. The van der Waals surface area contributed by atoms with Gasteiger partial charge in [0, 0.05) is 5.54 Å². The summed E-state index contributed by atoms with van der Waals surface area (Å²) < 4.78 is 0. The predicted molar refractivity (Wildman–Crippen MR) is 75.9 cm³/mol. The molecule has 2 aliphatic rings. The molecule has 2 fully saturated rings. The van der Waals surface area contributed by atoms with Crippen LogP contribution in [0.15, 0.2) is 30.3 Å². The molecule has 0 saturated carbocycles. The van der Waals surface area contributed by atoms with Crippen LogP contribution in [0.1, 0.15) is 37.2 Å². The van der Waals surface area contributed by atoms with Gasteiger partial charge in [0.2, 0.25) is 0 Å². The molecule has 1 spiro atoms. The molecule has 3 rings (SSSR count). The summed E-state index contributed by atoms with van der Waals surface area (Å²) >= 11 is 0. The summed E-state index contributed by atoms with van der Waals surface area (Å²) in [6, 6.07) is 11.1. The summed E-state index contributed by atoms with van der Waals surface area (Å²) in [6.07, 6.45) is 5.24. The van der Waals surface area contributed by atoms with Crippen molar-refractivity contribution in [1.82, 2.24) is 10.2 Å². The molecule has 0 bridgehead atoms. The van der Waals surface area contributed by atoms with Crippen LogP contribution in [-0.4, -0.2) is 37.1 Å². The first-order chi connectivity index (χ1) is 8.77. The Balaban J connectivity index is 1.72. The van der Waals surface area contributed by atoms with Crippen LogP contribution in [0, 0.1) is 0 Å². The normalized spacial score (nSPS) is 28.4. The first-order valence-electron chi connectivity index (χ1n) is 7.26. The highest BCUT2D eigenvalue weighted by atomic mass is 15.1. The molecule has 1 atom stereocenters. The van der Waals surface area contributed by atoms with Crippen LogP contribution >= 0.6 is 0 Å². The Morgan fingerprint density at radius 2 is 1.89 bits per heavy atom. The molecular formula is C16H24N2. The predicted octanol–water partition coefficient (Wildman–Crippen LogP) is 2.62. The molecule has 1 N–H and O–H groups in total. The van der Waals surface area contributed by atoms with Crippen LogP contribution in [-0.2, 0) is 0 Å². The Morgan fingerprint density at radius 1 is 1.17 bits per heavy atom. The van der Waals surface area contributed by atoms with Crippen molar-refractivity contribution in [1.29, 1.82) is 0 Å². The number of hydrogen-bond donors (Lipinski definition) is 1. The van der Waals surface area contributed by atoms with E-state index in [-0.39, 0.29) is 0 Å². The zero-order chi connectivity index (χ0) is 12.4. The molecule has 1 aromatic rings. The zero-order valence-electron chi connectivity index (χ0n) is 11.4. The average Bonchev–Trinajstić information content (AvgIpc) is 2.44. The lowest BCUT2D eigenvalue weighted by Crippen LogP contribution is -2.56. The molecule has 2 saturated heterocycles. The van der Waals surface area contributed by atoms with Crippen LogP contribution in [0.25, 0.3) is 0 Å². The Bertz CT molecular complexity index is 379. The maximum atomic E-state index is 3.83. The van der Waals surface area contributed by atoms with E-state index in [1.165, 1.54) is 50.9 Å². The van der Waals surface area contributed by atoms with E-state index in [9.17, 15) is 0 Å². The highest BCUT2D eigenvalue weighted by Crippen LogP contribution is 2.37. The standard InChI is InChI=1S/C16H24N2/c1-18-11-8-16(9-12-18)13-15(7-10-17-16)14-5-3-2-4-6-14/h2-6,15,17H,7-13H2,1H3. The third-order valence-electron chi connectivity index (χ3n) is 4.85. The van der Waals surface area contributed by atoms with E-state index >= 15 is 0 Å². The van der Waals surface area contributed by atoms with Crippen LogP contribution in [0.4, 0.5) is 0 Å². The first-order valence-corrected chi connectivity index (χ1v) is 7.26. The van der Waals surface area contributed by atoms with Gasteiger partial charge in [0.05, 0.1) is 0 Å². The molecule has 0 aromatic heterocycles. The molecule has 0 amide bonds. The van der Waals surface area contributed by atoms with Gasteiger partial charge in [0.15, 0.2) is 0 Å². The molecular weight excluding hydrogens is 220 g/mol. The summed E-state index contributed by atoms with van der Waals surface area (Å²) in [5.41, 5.74) is 1.96. The Morgan fingerprint density at radius 3 is 2.61 bits per heavy atom. The van der Waals surface area contributed by atoms with Crippen molar-refractivity contribution >= 4 is 0 Å². The fraction of sp³-hybridized carbons (Fsp3) is 0.625. The van der Waals surface area contributed by atoms with Crippen molar-refractivity contribution in [2.45, 2.75) is 37.1 Å². The summed E-state index contributed by atoms with van der Waals surface area (Å²) in [5.74, 6) is 0.760. The quantitative estimate of drug-likeness (QED) is 0.817. The third kappa shape index (κ3) is 2.45. The summed E-state index contributed by atoms with van der Waals surface area (Å²) in [5, 5.41) is 3.83. The molecule has 1 aromatic carbocycles. The molecule has 18 heavy (non-hydrogen) atoms. The van der Waals surface area contributed by atoms with E-state index in [1.54, 1.807) is 0 Å². The molecule has 1 unspecified atom stereocenters. The monoisotopic (exact) mass is 244 g/mol. The summed E-state index contributed by atoms with van der Waals surface area (Å²) in [4.78, 5) is 2.46. The summed E-state index contributed by atoms with van der Waals surface area (Å²) in [6.45, 7) is 3.67. The lowest BCUT2D eigenvalue weighted by atomic mass is 9.74. The Kier molecular flexibility index (Phi) is 3.40. The molecule has 2 heterocycles. The van der Waals surface area contributed by atoms with Gasteiger partial charge in [-0.25, -0.2) is 0 Å². The number of nitrogens with zero attached hydrogens (tertiary/aromatic N) is 1. The zero-order valence-corrected chi connectivity index (χ0v) is 11.4. The van der Waals surface area contributed by atoms with Crippen molar-refractivity contribution < 1.29 is 0 Å². The van der Waals surface area contributed by atoms with Gasteiger partial charge in [-0.1, -0.05) is 30.3 Å². The lowest BCUT2D eigenvalue weighted by Gasteiger charge is -2.46. The maximum absolute atomic E-state index is 3.83. The molecule has 2 aliphatic heterocycles. The average molecular weight is 244 g/mol. The number of hydrogen-bond acceptors (Lipinski definition) is 2. The topological polar surface area (TPSA) is 15.3 Å². The van der Waals surface area contributed by atoms with Crippen LogP contribution in [0.3, 0.4) is 0 Å². The van der Waals surface area contributed by atoms with Crippen LogP contribution in [0.5, 0.6) is 0 Å². The molecule has 0 radical (unpaired) electrons. The number of benzene rings is 1. The smallest absolute Gasteiger partial charge is 0.0211 e. The van der Waals surface area contributed by atoms with E-state index in [1.807, 2.05) is 0 Å². The van der Waals surface area contributed by atoms with Crippen molar-refractivity contribution in [2.75, 3.05) is 26.7 Å². The summed E-state index contributed by atoms with van der Waals surface area (Å²) in [7, 11) is 2.24. The van der Waals surface area contributed by atoms with Gasteiger partial charge >= 0.3 is 0 Å². The second-order valence-corrected chi connectivity index (χ2v) is 6.11. The van der Waals surface area contributed by atoms with E-state index in [4.69, 9.17) is 0 Å². The second-order valence-electron chi connectivity index (χ2n) is 6.11. The fourth-order valence-corrected chi connectivity index (χ4v) is 3.59. The third-order valence-corrected chi connectivity index (χ3v) is 4.85. The van der Waals surface area contributed by atoms with Gasteiger partial charge < -0.3 is 10.2 Å².